The van der Waals surface area contributed by atoms with Crippen molar-refractivity contribution in [1.82, 2.24) is 9.97 Å². The van der Waals surface area contributed by atoms with Gasteiger partial charge in [-0.15, -0.1) is 0 Å². The molecule has 0 radical (unpaired) electrons. The number of allylic oxidation sites excluding steroid dienone is 2. The van der Waals surface area contributed by atoms with Gasteiger partial charge in [-0.2, -0.15) is 0 Å². The van der Waals surface area contributed by atoms with E-state index in [1.54, 1.807) is 6.07 Å². The first-order valence-corrected chi connectivity index (χ1v) is 10.9. The number of benzene rings is 2. The Bertz CT molecular complexity index is 1310. The zero-order valence-corrected chi connectivity index (χ0v) is 17.4. The van der Waals surface area contributed by atoms with Crippen molar-refractivity contribution in [3.8, 4) is 10.6 Å². The van der Waals surface area contributed by atoms with E-state index in [1.807, 2.05) is 36.4 Å². The first kappa shape index (κ1) is 19.6. The van der Waals surface area contributed by atoms with Crippen LogP contribution < -0.4 is 0 Å². The second-order valence-electron chi connectivity index (χ2n) is 7.67. The van der Waals surface area contributed by atoms with E-state index in [-0.39, 0.29) is 17.7 Å². The maximum atomic E-state index is 14.8. The minimum absolute atomic E-state index is 0.0779. The zero-order chi connectivity index (χ0) is 21.4. The summed E-state index contributed by atoms with van der Waals surface area (Å²) in [6, 6.07) is 19.2. The average Bonchev–Trinajstić information content (AvgIpc) is 3.47. The number of carbonyl (C=O) groups is 1. The van der Waals surface area contributed by atoms with Crippen LogP contribution in [0, 0.1) is 5.82 Å². The molecule has 5 rings (SSSR count). The molecule has 0 atom stereocenters. The van der Waals surface area contributed by atoms with Crippen LogP contribution in [0.15, 0.2) is 72.8 Å². The van der Waals surface area contributed by atoms with Crippen molar-refractivity contribution < 1.29 is 14.3 Å². The summed E-state index contributed by atoms with van der Waals surface area (Å²) < 4.78 is 14.8. The van der Waals surface area contributed by atoms with Crippen LogP contribution in [0.4, 0.5) is 4.39 Å². The van der Waals surface area contributed by atoms with Gasteiger partial charge in [-0.3, -0.25) is 4.79 Å². The summed E-state index contributed by atoms with van der Waals surface area (Å²) in [5.41, 5.74) is 3.83. The minimum Gasteiger partial charge on any atom is -0.481 e. The quantitative estimate of drug-likeness (QED) is 0.379. The number of hydrogen-bond acceptors (Lipinski definition) is 4. The molecule has 0 unspecified atom stereocenters. The van der Waals surface area contributed by atoms with Crippen molar-refractivity contribution in [1.29, 1.82) is 0 Å². The lowest BCUT2D eigenvalue weighted by atomic mass is 9.89. The predicted molar refractivity (Wildman–Crippen MR) is 120 cm³/mol. The van der Waals surface area contributed by atoms with Crippen LogP contribution in [0.2, 0.25) is 0 Å². The fourth-order valence-corrected chi connectivity index (χ4v) is 4.77. The van der Waals surface area contributed by atoms with Crippen LogP contribution >= 0.6 is 11.3 Å². The number of aliphatic carboxylic acids is 1. The highest BCUT2D eigenvalue weighted by molar-refractivity contribution is 7.21. The predicted octanol–water partition coefficient (Wildman–Crippen LogP) is 5.76. The number of rotatable bonds is 7. The summed E-state index contributed by atoms with van der Waals surface area (Å²) in [5.74, 6) is -1.19. The highest BCUT2D eigenvalue weighted by Gasteiger charge is 2.39. The molecule has 6 heteroatoms. The van der Waals surface area contributed by atoms with Crippen LogP contribution in [0.3, 0.4) is 0 Å². The number of nitrogens with zero attached hydrogens (tertiary/aromatic N) is 2. The molecule has 31 heavy (non-hydrogen) atoms. The summed E-state index contributed by atoms with van der Waals surface area (Å²) in [6.45, 7) is 0. The van der Waals surface area contributed by atoms with Gasteiger partial charge < -0.3 is 5.11 Å². The standard InChI is InChI=1S/C25H19FN2O2S/c26-19-15-16(5-4-8-22(29)30)9-10-18(19)23-27-20-11-12-21(28-24(20)31-23)25(13-14-25)17-6-2-1-3-7-17/h1-3,6-7,9-15H,4-5,8H2,(H,29,30). The highest BCUT2D eigenvalue weighted by Crippen LogP contribution is 2.45. The Morgan fingerprint density at radius 3 is 2.55 bits per heavy atom. The van der Waals surface area contributed by atoms with Gasteiger partial charge in [0, 0.05) is 12.0 Å². The number of pyridine rings is 1. The van der Waals surface area contributed by atoms with Crippen LogP contribution in [0.25, 0.3) is 20.9 Å². The van der Waals surface area contributed by atoms with Gasteiger partial charge >= 0.3 is 5.97 Å². The molecule has 1 aliphatic rings. The fraction of sp³-hybridized carbons (Fsp3) is 0.160. The molecule has 4 nitrogen and oxygen atoms in total. The first-order valence-electron chi connectivity index (χ1n) is 10.1. The molecule has 1 aliphatic carbocycles. The Hall–Kier alpha value is -3.38. The van der Waals surface area contributed by atoms with Gasteiger partial charge in [-0.25, -0.2) is 14.4 Å². The number of hydrogen-bond donors (Lipinski definition) is 1. The number of aryl methyl sites for hydroxylation is 1. The van der Waals surface area contributed by atoms with Crippen LogP contribution in [0.1, 0.15) is 29.7 Å². The molecule has 0 fully saturated rings. The Balaban J connectivity index is 1.43. The normalized spacial score (nSPS) is 14.1. The molecule has 1 N–H and O–H groups in total. The third kappa shape index (κ3) is 3.75. The van der Waals surface area contributed by atoms with Crippen LogP contribution in [-0.4, -0.2) is 21.0 Å². The van der Waals surface area contributed by atoms with Crippen molar-refractivity contribution in [2.45, 2.75) is 24.7 Å². The van der Waals surface area contributed by atoms with Gasteiger partial charge in [0.05, 0.1) is 11.1 Å². The molecule has 2 aromatic heterocycles. The molecular weight excluding hydrogens is 411 g/mol. The summed E-state index contributed by atoms with van der Waals surface area (Å²) >= 11 is 1.38. The van der Waals surface area contributed by atoms with Crippen molar-refractivity contribution in [2.75, 3.05) is 0 Å². The van der Waals surface area contributed by atoms with Crippen molar-refractivity contribution >= 4 is 27.7 Å². The van der Waals surface area contributed by atoms with E-state index < -0.39 is 5.97 Å². The molecular formula is C25H19FN2O2S. The lowest BCUT2D eigenvalue weighted by Gasteiger charge is -2.15. The zero-order valence-electron chi connectivity index (χ0n) is 16.6. The highest BCUT2D eigenvalue weighted by atomic mass is 32.1. The Labute approximate surface area is 182 Å². The molecule has 0 saturated carbocycles. The number of thiazole rings is 1. The van der Waals surface area contributed by atoms with Crippen LogP contribution in [-0.2, 0) is 16.6 Å². The van der Waals surface area contributed by atoms with Gasteiger partial charge in [0.15, 0.2) is 0 Å². The topological polar surface area (TPSA) is 63.1 Å². The molecule has 2 aromatic carbocycles. The van der Waals surface area contributed by atoms with E-state index in [0.717, 1.165) is 21.6 Å². The molecule has 0 saturated heterocycles. The third-order valence-electron chi connectivity index (χ3n) is 5.55. The van der Waals surface area contributed by atoms with E-state index in [4.69, 9.17) is 10.1 Å². The van der Waals surface area contributed by atoms with E-state index in [9.17, 15) is 9.18 Å². The number of carboxylic acids is 1. The first-order chi connectivity index (χ1) is 15.0. The number of carboxylic acid groups (broad SMARTS) is 1. The van der Waals surface area contributed by atoms with Crippen LogP contribution in [0.5, 0.6) is 0 Å². The lowest BCUT2D eigenvalue weighted by molar-refractivity contribution is -0.137. The summed E-state index contributed by atoms with van der Waals surface area (Å²) in [4.78, 5) is 20.9. The maximum absolute atomic E-state index is 14.8. The summed E-state index contributed by atoms with van der Waals surface area (Å²) in [5, 5.41) is 9.35. The van der Waals surface area contributed by atoms with Gasteiger partial charge in [-0.1, -0.05) is 59.9 Å². The molecule has 0 spiro atoms. The average molecular weight is 431 g/mol. The second kappa shape index (κ2) is 7.71. The molecule has 0 aliphatic heterocycles. The van der Waals surface area contributed by atoms with Crippen molar-refractivity contribution in [2.24, 2.45) is 0 Å². The Morgan fingerprint density at radius 1 is 1.03 bits per heavy atom. The van der Waals surface area contributed by atoms with Gasteiger partial charge in [0.1, 0.15) is 21.2 Å². The van der Waals surface area contributed by atoms with E-state index >= 15 is 0 Å². The van der Waals surface area contributed by atoms with Crippen molar-refractivity contribution in [3.05, 3.63) is 95.5 Å². The summed E-state index contributed by atoms with van der Waals surface area (Å²) in [6.07, 6.45) is 5.37. The van der Waals surface area contributed by atoms with Gasteiger partial charge in [0.25, 0.3) is 0 Å². The fourth-order valence-electron chi connectivity index (χ4n) is 3.80. The largest absolute Gasteiger partial charge is 0.481 e. The molecule has 4 aromatic rings. The number of fused-ring (bicyclic) bond motifs is 1. The molecule has 0 bridgehead atoms. The Kier molecular flexibility index (Phi) is 4.87. The maximum Gasteiger partial charge on any atom is 0.303 e. The van der Waals surface area contributed by atoms with E-state index in [2.05, 4.69) is 29.3 Å². The van der Waals surface area contributed by atoms with E-state index in [0.29, 0.717) is 23.4 Å². The van der Waals surface area contributed by atoms with Crippen molar-refractivity contribution in [3.63, 3.8) is 0 Å². The van der Waals surface area contributed by atoms with Gasteiger partial charge in [0.2, 0.25) is 0 Å². The SMILES string of the molecule is O=C(O)CCCc1ccc(-c2nc3ccc(C4(c5ccccc5)C=C4)nc3s2)c(F)c1. The molecule has 0 amide bonds. The molecule has 154 valence electrons. The number of halogens is 1. The Morgan fingerprint density at radius 2 is 1.84 bits per heavy atom. The van der Waals surface area contributed by atoms with E-state index in [1.165, 1.54) is 23.0 Å². The van der Waals surface area contributed by atoms with Gasteiger partial charge in [-0.05, 0) is 48.2 Å². The number of aromatic nitrogens is 2. The lowest BCUT2D eigenvalue weighted by Crippen LogP contribution is -2.12. The monoisotopic (exact) mass is 430 g/mol. The summed E-state index contributed by atoms with van der Waals surface area (Å²) in [7, 11) is 0. The smallest absolute Gasteiger partial charge is 0.303 e. The third-order valence-corrected chi connectivity index (χ3v) is 6.55. The minimum atomic E-state index is -0.839. The molecule has 2 heterocycles. The second-order valence-corrected chi connectivity index (χ2v) is 8.65.